The van der Waals surface area contributed by atoms with Gasteiger partial charge in [0.25, 0.3) is 0 Å². The Morgan fingerprint density at radius 3 is 2.72 bits per heavy atom. The van der Waals surface area contributed by atoms with Crippen molar-refractivity contribution in [1.82, 2.24) is 5.32 Å². The molecule has 1 nitrogen and oxygen atoms in total. The molecule has 0 saturated heterocycles. The minimum Gasteiger partial charge on any atom is -0.313 e. The maximum absolute atomic E-state index is 13.3. The van der Waals surface area contributed by atoms with Gasteiger partial charge in [0, 0.05) is 6.54 Å². The molecule has 0 heterocycles. The standard InChI is InChI=1S/C15H21BrFN/c16-14-7-6-13(10-15(14)17)11-18-9-8-12-4-2-1-3-5-12/h6-7,10,12,18H,1-5,8-9,11H2. The Labute approximate surface area is 117 Å². The fraction of sp³-hybridized carbons (Fsp3) is 0.600. The lowest BCUT2D eigenvalue weighted by molar-refractivity contribution is 0.334. The zero-order valence-corrected chi connectivity index (χ0v) is 12.3. The van der Waals surface area contributed by atoms with Crippen LogP contribution in [0.4, 0.5) is 4.39 Å². The average Bonchev–Trinajstić information content (AvgIpc) is 2.40. The fourth-order valence-corrected chi connectivity index (χ4v) is 2.91. The second-order valence-electron chi connectivity index (χ2n) is 5.22. The highest BCUT2D eigenvalue weighted by Crippen LogP contribution is 2.25. The molecular weight excluding hydrogens is 293 g/mol. The maximum Gasteiger partial charge on any atom is 0.137 e. The lowest BCUT2D eigenvalue weighted by Crippen LogP contribution is -2.19. The Balaban J connectivity index is 1.66. The minimum absolute atomic E-state index is 0.179. The number of nitrogens with one attached hydrogen (secondary N) is 1. The third-order valence-electron chi connectivity index (χ3n) is 3.77. The molecule has 18 heavy (non-hydrogen) atoms. The van der Waals surface area contributed by atoms with Gasteiger partial charge < -0.3 is 5.32 Å². The van der Waals surface area contributed by atoms with Crippen LogP contribution in [0.1, 0.15) is 44.1 Å². The maximum atomic E-state index is 13.3. The van der Waals surface area contributed by atoms with E-state index in [0.29, 0.717) is 4.47 Å². The van der Waals surface area contributed by atoms with Crippen LogP contribution in [-0.4, -0.2) is 6.54 Å². The van der Waals surface area contributed by atoms with Crippen LogP contribution in [0.3, 0.4) is 0 Å². The molecule has 0 aromatic heterocycles. The van der Waals surface area contributed by atoms with Gasteiger partial charge >= 0.3 is 0 Å². The molecular formula is C15H21BrFN. The topological polar surface area (TPSA) is 12.0 Å². The highest BCUT2D eigenvalue weighted by atomic mass is 79.9. The molecule has 100 valence electrons. The van der Waals surface area contributed by atoms with E-state index in [1.54, 1.807) is 12.1 Å². The van der Waals surface area contributed by atoms with Crippen molar-refractivity contribution in [1.29, 1.82) is 0 Å². The smallest absolute Gasteiger partial charge is 0.137 e. The van der Waals surface area contributed by atoms with Gasteiger partial charge in [-0.3, -0.25) is 0 Å². The van der Waals surface area contributed by atoms with Crippen molar-refractivity contribution in [2.45, 2.75) is 45.1 Å². The number of rotatable bonds is 5. The monoisotopic (exact) mass is 313 g/mol. The molecule has 3 heteroatoms. The molecule has 0 amide bonds. The lowest BCUT2D eigenvalue weighted by atomic mass is 9.87. The first kappa shape index (κ1) is 14.0. The van der Waals surface area contributed by atoms with E-state index in [2.05, 4.69) is 21.2 Å². The van der Waals surface area contributed by atoms with Crippen molar-refractivity contribution >= 4 is 15.9 Å². The van der Waals surface area contributed by atoms with E-state index in [0.717, 1.165) is 24.6 Å². The number of halogens is 2. The first-order valence-electron chi connectivity index (χ1n) is 6.90. The van der Waals surface area contributed by atoms with E-state index in [1.807, 2.05) is 6.07 Å². The predicted molar refractivity (Wildman–Crippen MR) is 77.0 cm³/mol. The Morgan fingerprint density at radius 2 is 2.00 bits per heavy atom. The molecule has 1 aliphatic carbocycles. The Bertz CT molecular complexity index is 375. The Morgan fingerprint density at radius 1 is 1.22 bits per heavy atom. The van der Waals surface area contributed by atoms with E-state index < -0.39 is 0 Å². The van der Waals surface area contributed by atoms with Gasteiger partial charge in [0.15, 0.2) is 0 Å². The quantitative estimate of drug-likeness (QED) is 0.780. The van der Waals surface area contributed by atoms with Crippen molar-refractivity contribution < 1.29 is 4.39 Å². The summed E-state index contributed by atoms with van der Waals surface area (Å²) in [6, 6.07) is 5.33. The Kier molecular flexibility index (Phi) is 5.64. The lowest BCUT2D eigenvalue weighted by Gasteiger charge is -2.21. The van der Waals surface area contributed by atoms with Gasteiger partial charge in [-0.2, -0.15) is 0 Å². The number of hydrogen-bond acceptors (Lipinski definition) is 1. The van der Waals surface area contributed by atoms with Crippen molar-refractivity contribution in [3.8, 4) is 0 Å². The SMILES string of the molecule is Fc1cc(CNCCC2CCCCC2)ccc1Br. The van der Waals surface area contributed by atoms with Gasteiger partial charge in [-0.05, 0) is 52.5 Å². The Hall–Kier alpha value is -0.410. The molecule has 1 aromatic carbocycles. The number of hydrogen-bond donors (Lipinski definition) is 1. The summed E-state index contributed by atoms with van der Waals surface area (Å²) in [5, 5.41) is 3.41. The second-order valence-corrected chi connectivity index (χ2v) is 6.07. The zero-order valence-electron chi connectivity index (χ0n) is 10.7. The van der Waals surface area contributed by atoms with Crippen LogP contribution in [0.15, 0.2) is 22.7 Å². The van der Waals surface area contributed by atoms with Gasteiger partial charge in [0.05, 0.1) is 4.47 Å². The molecule has 1 aromatic rings. The van der Waals surface area contributed by atoms with Crippen molar-refractivity contribution in [2.75, 3.05) is 6.54 Å². The molecule has 0 unspecified atom stereocenters. The highest BCUT2D eigenvalue weighted by molar-refractivity contribution is 9.10. The molecule has 1 saturated carbocycles. The molecule has 0 aliphatic heterocycles. The largest absolute Gasteiger partial charge is 0.313 e. The van der Waals surface area contributed by atoms with Gasteiger partial charge in [-0.1, -0.05) is 38.2 Å². The van der Waals surface area contributed by atoms with Gasteiger partial charge in [0.2, 0.25) is 0 Å². The molecule has 0 atom stereocenters. The first-order valence-corrected chi connectivity index (χ1v) is 7.69. The van der Waals surface area contributed by atoms with Crippen LogP contribution in [-0.2, 0) is 6.54 Å². The van der Waals surface area contributed by atoms with E-state index in [9.17, 15) is 4.39 Å². The highest BCUT2D eigenvalue weighted by Gasteiger charge is 2.12. The average molecular weight is 314 g/mol. The van der Waals surface area contributed by atoms with Crippen molar-refractivity contribution in [2.24, 2.45) is 5.92 Å². The van der Waals surface area contributed by atoms with Crippen LogP contribution in [0.25, 0.3) is 0 Å². The summed E-state index contributed by atoms with van der Waals surface area (Å²) < 4.78 is 13.8. The van der Waals surface area contributed by atoms with Gasteiger partial charge in [0.1, 0.15) is 5.82 Å². The first-order chi connectivity index (χ1) is 8.75. The van der Waals surface area contributed by atoms with E-state index in [-0.39, 0.29) is 5.82 Å². The summed E-state index contributed by atoms with van der Waals surface area (Å²) >= 11 is 3.17. The van der Waals surface area contributed by atoms with Crippen molar-refractivity contribution in [3.05, 3.63) is 34.1 Å². The fourth-order valence-electron chi connectivity index (χ4n) is 2.66. The summed E-state index contributed by atoms with van der Waals surface area (Å²) in [7, 11) is 0. The summed E-state index contributed by atoms with van der Waals surface area (Å²) in [5.74, 6) is 0.731. The minimum atomic E-state index is -0.179. The third kappa shape index (κ3) is 4.36. The van der Waals surface area contributed by atoms with Crippen LogP contribution >= 0.6 is 15.9 Å². The zero-order chi connectivity index (χ0) is 12.8. The van der Waals surface area contributed by atoms with E-state index in [1.165, 1.54) is 38.5 Å². The molecule has 0 radical (unpaired) electrons. The summed E-state index contributed by atoms with van der Waals surface area (Å²) in [6.45, 7) is 1.80. The van der Waals surface area contributed by atoms with Gasteiger partial charge in [-0.25, -0.2) is 4.39 Å². The van der Waals surface area contributed by atoms with Crippen LogP contribution in [0, 0.1) is 11.7 Å². The van der Waals surface area contributed by atoms with E-state index >= 15 is 0 Å². The van der Waals surface area contributed by atoms with Crippen LogP contribution in [0.2, 0.25) is 0 Å². The van der Waals surface area contributed by atoms with Crippen molar-refractivity contribution in [3.63, 3.8) is 0 Å². The molecule has 1 N–H and O–H groups in total. The molecule has 0 bridgehead atoms. The normalized spacial score (nSPS) is 17.0. The second kappa shape index (κ2) is 7.25. The molecule has 1 fully saturated rings. The van der Waals surface area contributed by atoms with Crippen LogP contribution in [0.5, 0.6) is 0 Å². The molecule has 2 rings (SSSR count). The van der Waals surface area contributed by atoms with Gasteiger partial charge in [-0.15, -0.1) is 0 Å². The molecule has 0 spiro atoms. The third-order valence-corrected chi connectivity index (χ3v) is 4.41. The van der Waals surface area contributed by atoms with Crippen LogP contribution < -0.4 is 5.32 Å². The molecule has 1 aliphatic rings. The summed E-state index contributed by atoms with van der Waals surface area (Å²) in [4.78, 5) is 0. The number of benzene rings is 1. The predicted octanol–water partition coefficient (Wildman–Crippen LogP) is 4.65. The summed E-state index contributed by atoms with van der Waals surface area (Å²) in [5.41, 5.74) is 1.01. The van der Waals surface area contributed by atoms with E-state index in [4.69, 9.17) is 0 Å². The summed E-state index contributed by atoms with van der Waals surface area (Å²) in [6.07, 6.45) is 8.29.